The van der Waals surface area contributed by atoms with Gasteiger partial charge in [0, 0.05) is 12.2 Å². The van der Waals surface area contributed by atoms with Crippen molar-refractivity contribution in [3.05, 3.63) is 24.0 Å². The Labute approximate surface area is 87.5 Å². The van der Waals surface area contributed by atoms with E-state index in [0.29, 0.717) is 18.7 Å². The molecule has 1 fully saturated rings. The van der Waals surface area contributed by atoms with Crippen molar-refractivity contribution in [1.82, 2.24) is 0 Å². The van der Waals surface area contributed by atoms with E-state index >= 15 is 0 Å². The molecule has 0 unspecified atom stereocenters. The monoisotopic (exact) mass is 230 g/mol. The number of benzene rings is 1. The summed E-state index contributed by atoms with van der Waals surface area (Å²) >= 11 is 0. The van der Waals surface area contributed by atoms with Crippen LogP contribution in [0.4, 0.5) is 15.8 Å². The first-order valence-corrected chi connectivity index (χ1v) is 6.17. The van der Waals surface area contributed by atoms with Gasteiger partial charge in [0.15, 0.2) is 0 Å². The van der Waals surface area contributed by atoms with E-state index in [4.69, 9.17) is 5.73 Å². The fourth-order valence-corrected chi connectivity index (χ4v) is 3.19. The van der Waals surface area contributed by atoms with E-state index in [9.17, 15) is 12.8 Å². The van der Waals surface area contributed by atoms with Crippen molar-refractivity contribution in [1.29, 1.82) is 0 Å². The Kier molecular flexibility index (Phi) is 2.30. The number of hydrogen-bond donors (Lipinski definition) is 1. The molecule has 0 aliphatic carbocycles. The number of anilines is 2. The maximum atomic E-state index is 13.4. The topological polar surface area (TPSA) is 63.4 Å². The zero-order chi connectivity index (χ0) is 11.1. The summed E-state index contributed by atoms with van der Waals surface area (Å²) in [6.07, 6.45) is 0.524. The van der Waals surface area contributed by atoms with Crippen molar-refractivity contribution < 1.29 is 12.8 Å². The van der Waals surface area contributed by atoms with Crippen molar-refractivity contribution in [2.45, 2.75) is 6.42 Å². The molecule has 1 aromatic rings. The number of nitrogen functional groups attached to an aromatic ring is 1. The molecule has 1 saturated heterocycles. The number of rotatable bonds is 1. The molecule has 2 rings (SSSR count). The molecule has 0 radical (unpaired) electrons. The van der Waals surface area contributed by atoms with Crippen molar-refractivity contribution in [2.75, 3.05) is 22.3 Å². The largest absolute Gasteiger partial charge is 0.399 e. The molecule has 1 aliphatic rings. The third-order valence-corrected chi connectivity index (χ3v) is 4.19. The van der Waals surface area contributed by atoms with Crippen LogP contribution in [0.15, 0.2) is 18.2 Å². The zero-order valence-electron chi connectivity index (χ0n) is 7.98. The minimum absolute atomic E-state index is 0.0486. The number of halogens is 1. The van der Waals surface area contributed by atoms with Gasteiger partial charge in [0.05, 0.1) is 11.4 Å². The molecule has 2 N–H and O–H groups in total. The van der Waals surface area contributed by atoms with Crippen LogP contribution >= 0.6 is 0 Å². The molecule has 82 valence electrons. The minimum atomic E-state index is -3.34. The lowest BCUT2D eigenvalue weighted by atomic mass is 10.2. The third kappa shape index (κ3) is 1.77. The van der Waals surface area contributed by atoms with Crippen molar-refractivity contribution >= 4 is 21.4 Å². The van der Waals surface area contributed by atoms with E-state index in [-0.39, 0.29) is 11.4 Å². The normalized spacial score (nSPS) is 19.4. The van der Waals surface area contributed by atoms with Crippen LogP contribution in [-0.4, -0.2) is 20.7 Å². The molecule has 0 saturated carbocycles. The SMILES string of the molecule is Nc1ccc(F)c(N2CCCS2(=O)=O)c1. The van der Waals surface area contributed by atoms with Gasteiger partial charge in [0.2, 0.25) is 10.0 Å². The Morgan fingerprint density at radius 2 is 2.13 bits per heavy atom. The quantitative estimate of drug-likeness (QED) is 0.730. The molecule has 0 spiro atoms. The molecule has 6 heteroatoms. The number of nitrogens with zero attached hydrogens (tertiary/aromatic N) is 1. The highest BCUT2D eigenvalue weighted by atomic mass is 32.2. The van der Waals surface area contributed by atoms with Gasteiger partial charge < -0.3 is 5.73 Å². The highest BCUT2D eigenvalue weighted by Crippen LogP contribution is 2.28. The molecule has 0 bridgehead atoms. The number of sulfonamides is 1. The fraction of sp³-hybridized carbons (Fsp3) is 0.333. The van der Waals surface area contributed by atoms with Crippen LogP contribution in [0.25, 0.3) is 0 Å². The highest BCUT2D eigenvalue weighted by Gasteiger charge is 2.30. The molecular formula is C9H11FN2O2S. The van der Waals surface area contributed by atoms with Gasteiger partial charge in [0.25, 0.3) is 0 Å². The van der Waals surface area contributed by atoms with E-state index in [1.165, 1.54) is 18.2 Å². The van der Waals surface area contributed by atoms with Crippen LogP contribution in [0.1, 0.15) is 6.42 Å². The predicted molar refractivity (Wildman–Crippen MR) is 56.6 cm³/mol. The maximum absolute atomic E-state index is 13.4. The van der Waals surface area contributed by atoms with E-state index < -0.39 is 15.8 Å². The van der Waals surface area contributed by atoms with Gasteiger partial charge in [-0.25, -0.2) is 12.8 Å². The van der Waals surface area contributed by atoms with Crippen LogP contribution < -0.4 is 10.0 Å². The van der Waals surface area contributed by atoms with Gasteiger partial charge in [0.1, 0.15) is 5.82 Å². The Morgan fingerprint density at radius 1 is 1.40 bits per heavy atom. The standard InChI is InChI=1S/C9H11FN2O2S/c10-8-3-2-7(11)6-9(8)12-4-1-5-15(12,13)14/h2-3,6H,1,4-5,11H2. The average Bonchev–Trinajstić information content (AvgIpc) is 2.50. The lowest BCUT2D eigenvalue weighted by Crippen LogP contribution is -2.26. The lowest BCUT2D eigenvalue weighted by Gasteiger charge is -2.17. The number of hydrogen-bond acceptors (Lipinski definition) is 3. The van der Waals surface area contributed by atoms with Gasteiger partial charge in [-0.05, 0) is 24.6 Å². The molecule has 1 aliphatic heterocycles. The van der Waals surface area contributed by atoms with Crippen molar-refractivity contribution in [2.24, 2.45) is 0 Å². The fourth-order valence-electron chi connectivity index (χ4n) is 1.63. The van der Waals surface area contributed by atoms with Crippen LogP contribution in [0.5, 0.6) is 0 Å². The maximum Gasteiger partial charge on any atom is 0.235 e. The summed E-state index contributed by atoms with van der Waals surface area (Å²) in [5.41, 5.74) is 5.90. The molecular weight excluding hydrogens is 219 g/mol. The van der Waals surface area contributed by atoms with Crippen LogP contribution in [-0.2, 0) is 10.0 Å². The minimum Gasteiger partial charge on any atom is -0.399 e. The molecule has 0 amide bonds. The summed E-state index contributed by atoms with van der Waals surface area (Å²) in [5, 5.41) is 0. The molecule has 0 aromatic heterocycles. The van der Waals surface area contributed by atoms with E-state index in [1.807, 2.05) is 0 Å². The summed E-state index contributed by atoms with van der Waals surface area (Å²) in [6, 6.07) is 3.93. The molecule has 0 atom stereocenters. The average molecular weight is 230 g/mol. The second-order valence-electron chi connectivity index (χ2n) is 3.45. The van der Waals surface area contributed by atoms with Gasteiger partial charge in [-0.15, -0.1) is 0 Å². The Hall–Kier alpha value is -1.30. The lowest BCUT2D eigenvalue weighted by molar-refractivity contribution is 0.595. The summed E-state index contributed by atoms with van der Waals surface area (Å²) in [7, 11) is -3.34. The summed E-state index contributed by atoms with van der Waals surface area (Å²) in [5.74, 6) is -0.490. The third-order valence-electron chi connectivity index (χ3n) is 2.34. The Bertz CT molecular complexity index is 487. The molecule has 4 nitrogen and oxygen atoms in total. The summed E-state index contributed by atoms with van der Waals surface area (Å²) < 4.78 is 37.6. The van der Waals surface area contributed by atoms with Crippen molar-refractivity contribution in [3.8, 4) is 0 Å². The summed E-state index contributed by atoms with van der Waals surface area (Å²) in [6.45, 7) is 0.322. The molecule has 1 aromatic carbocycles. The first-order valence-electron chi connectivity index (χ1n) is 4.56. The second-order valence-corrected chi connectivity index (χ2v) is 5.47. The van der Waals surface area contributed by atoms with Crippen LogP contribution in [0.2, 0.25) is 0 Å². The highest BCUT2D eigenvalue weighted by molar-refractivity contribution is 7.93. The first kappa shape index (κ1) is 10.2. The second kappa shape index (κ2) is 3.37. The summed E-state index contributed by atoms with van der Waals surface area (Å²) in [4.78, 5) is 0. The predicted octanol–water partition coefficient (Wildman–Crippen LogP) is 0.948. The number of nitrogens with two attached hydrogens (primary N) is 1. The van der Waals surface area contributed by atoms with Crippen LogP contribution in [0.3, 0.4) is 0 Å². The van der Waals surface area contributed by atoms with Crippen molar-refractivity contribution in [3.63, 3.8) is 0 Å². The van der Waals surface area contributed by atoms with Gasteiger partial charge >= 0.3 is 0 Å². The van der Waals surface area contributed by atoms with Gasteiger partial charge in [-0.2, -0.15) is 0 Å². The Morgan fingerprint density at radius 3 is 2.73 bits per heavy atom. The smallest absolute Gasteiger partial charge is 0.235 e. The first-order chi connectivity index (χ1) is 7.00. The van der Waals surface area contributed by atoms with Gasteiger partial charge in [-0.1, -0.05) is 0 Å². The zero-order valence-corrected chi connectivity index (χ0v) is 8.80. The van der Waals surface area contributed by atoms with Gasteiger partial charge in [-0.3, -0.25) is 4.31 Å². The molecule has 15 heavy (non-hydrogen) atoms. The van der Waals surface area contributed by atoms with E-state index in [0.717, 1.165) is 4.31 Å². The Balaban J connectivity index is 2.50. The van der Waals surface area contributed by atoms with Crippen LogP contribution in [0, 0.1) is 5.82 Å². The molecule has 1 heterocycles. The van der Waals surface area contributed by atoms with E-state index in [2.05, 4.69) is 0 Å². The van der Waals surface area contributed by atoms with E-state index in [1.54, 1.807) is 0 Å².